The number of carbonyl (C=O) groups excluding carboxylic acids is 2. The first-order chi connectivity index (χ1) is 7.72. The molecule has 0 aromatic carbocycles. The van der Waals surface area contributed by atoms with Crippen LogP contribution in [0.1, 0.15) is 32.1 Å². The number of hydrogen-bond acceptors (Lipinski definition) is 2. The lowest BCUT2D eigenvalue weighted by Crippen LogP contribution is -2.32. The van der Waals surface area contributed by atoms with E-state index in [1.54, 1.807) is 0 Å². The van der Waals surface area contributed by atoms with Crippen LogP contribution in [0.5, 0.6) is 0 Å². The second-order valence-corrected chi connectivity index (χ2v) is 4.44. The molecule has 1 saturated carbocycles. The van der Waals surface area contributed by atoms with Crippen LogP contribution in [0.2, 0.25) is 0 Å². The third-order valence-corrected chi connectivity index (χ3v) is 3.14. The summed E-state index contributed by atoms with van der Waals surface area (Å²) in [4.78, 5) is 22.1. The number of carbonyl (C=O) groups is 2. The first-order valence-corrected chi connectivity index (χ1v) is 6.35. The van der Waals surface area contributed by atoms with Gasteiger partial charge in [0.15, 0.2) is 0 Å². The molecule has 1 rings (SSSR count). The Labute approximate surface area is 101 Å². The van der Waals surface area contributed by atoms with Crippen LogP contribution in [-0.4, -0.2) is 30.8 Å². The van der Waals surface area contributed by atoms with Crippen LogP contribution in [0.4, 0.5) is 0 Å². The van der Waals surface area contributed by atoms with Gasteiger partial charge < -0.3 is 10.6 Å². The highest BCUT2D eigenvalue weighted by atomic mass is 35.5. The van der Waals surface area contributed by atoms with Crippen LogP contribution in [-0.2, 0) is 9.59 Å². The molecule has 1 aliphatic rings. The van der Waals surface area contributed by atoms with E-state index in [0.29, 0.717) is 13.0 Å². The fraction of sp³-hybridized carbons (Fsp3) is 0.818. The molecule has 1 fully saturated rings. The maximum absolute atomic E-state index is 11.3. The molecule has 4 nitrogen and oxygen atoms in total. The second kappa shape index (κ2) is 7.49. The molecule has 2 amide bonds. The molecule has 0 heterocycles. The Morgan fingerprint density at radius 2 is 1.81 bits per heavy atom. The number of hydrogen-bond donors (Lipinski definition) is 2. The zero-order valence-corrected chi connectivity index (χ0v) is 10.2. The van der Waals surface area contributed by atoms with Crippen LogP contribution in [0.15, 0.2) is 0 Å². The van der Waals surface area contributed by atoms with Crippen molar-refractivity contribution in [1.82, 2.24) is 10.6 Å². The molecule has 0 aromatic rings. The number of halogens is 1. The predicted molar refractivity (Wildman–Crippen MR) is 63.3 cm³/mol. The van der Waals surface area contributed by atoms with Gasteiger partial charge in [-0.3, -0.25) is 9.59 Å². The van der Waals surface area contributed by atoms with Gasteiger partial charge in [0.05, 0.1) is 0 Å². The maximum Gasteiger partial charge on any atom is 0.234 e. The lowest BCUT2D eigenvalue weighted by molar-refractivity contribution is -0.121. The summed E-state index contributed by atoms with van der Waals surface area (Å²) in [6.07, 6.45) is 5.36. The molecule has 0 spiro atoms. The fourth-order valence-corrected chi connectivity index (χ4v) is 1.74. The van der Waals surface area contributed by atoms with E-state index >= 15 is 0 Å². The average Bonchev–Trinajstić information content (AvgIpc) is 2.21. The largest absolute Gasteiger partial charge is 0.356 e. The van der Waals surface area contributed by atoms with Crippen molar-refractivity contribution in [2.24, 2.45) is 5.92 Å². The zero-order valence-electron chi connectivity index (χ0n) is 9.43. The van der Waals surface area contributed by atoms with E-state index in [4.69, 9.17) is 11.6 Å². The van der Waals surface area contributed by atoms with Crippen molar-refractivity contribution in [3.63, 3.8) is 0 Å². The Hall–Kier alpha value is -0.770. The van der Waals surface area contributed by atoms with Crippen molar-refractivity contribution < 1.29 is 9.59 Å². The Morgan fingerprint density at radius 1 is 1.12 bits per heavy atom. The van der Waals surface area contributed by atoms with E-state index in [2.05, 4.69) is 10.6 Å². The monoisotopic (exact) mass is 246 g/mol. The minimum Gasteiger partial charge on any atom is -0.356 e. The predicted octanol–water partition coefficient (Wildman–Crippen LogP) is 1.04. The van der Waals surface area contributed by atoms with Crippen molar-refractivity contribution in [2.75, 3.05) is 19.0 Å². The molecular weight excluding hydrogens is 228 g/mol. The Bertz CT molecular complexity index is 242. The molecule has 1 aliphatic carbocycles. The third-order valence-electron chi connectivity index (χ3n) is 2.90. The van der Waals surface area contributed by atoms with E-state index in [-0.39, 0.29) is 17.7 Å². The van der Waals surface area contributed by atoms with Gasteiger partial charge in [0.25, 0.3) is 0 Å². The van der Waals surface area contributed by atoms with Crippen molar-refractivity contribution >= 4 is 23.4 Å². The average molecular weight is 247 g/mol. The summed E-state index contributed by atoms with van der Waals surface area (Å²) < 4.78 is 0. The highest BCUT2D eigenvalue weighted by Crippen LogP contribution is 2.28. The topological polar surface area (TPSA) is 58.2 Å². The number of nitrogens with one attached hydrogen (secondary N) is 2. The first kappa shape index (κ1) is 13.3. The Kier molecular flexibility index (Phi) is 6.23. The van der Waals surface area contributed by atoms with Crippen LogP contribution < -0.4 is 10.6 Å². The minimum atomic E-state index is -0.232. The van der Waals surface area contributed by atoms with Gasteiger partial charge in [-0.05, 0) is 12.3 Å². The van der Waals surface area contributed by atoms with E-state index in [9.17, 15) is 9.59 Å². The molecule has 0 unspecified atom stereocenters. The van der Waals surface area contributed by atoms with Crippen molar-refractivity contribution in [2.45, 2.75) is 32.1 Å². The van der Waals surface area contributed by atoms with Crippen molar-refractivity contribution in [1.29, 1.82) is 0 Å². The van der Waals surface area contributed by atoms with Gasteiger partial charge in [0.2, 0.25) is 11.8 Å². The van der Waals surface area contributed by atoms with Gasteiger partial charge in [-0.1, -0.05) is 19.3 Å². The highest BCUT2D eigenvalue weighted by Gasteiger charge is 2.16. The SMILES string of the molecule is O=C(CCl)NCCC(=O)NCCC1CCC1. The molecule has 0 aliphatic heterocycles. The Balaban J connectivity index is 1.91. The summed E-state index contributed by atoms with van der Waals surface area (Å²) in [5.41, 5.74) is 0. The van der Waals surface area contributed by atoms with Crippen molar-refractivity contribution in [3.05, 3.63) is 0 Å². The summed E-state index contributed by atoms with van der Waals surface area (Å²) in [6.45, 7) is 1.12. The maximum atomic E-state index is 11.3. The summed E-state index contributed by atoms with van der Waals surface area (Å²) in [5.74, 6) is 0.526. The third kappa shape index (κ3) is 5.35. The van der Waals surface area contributed by atoms with Crippen LogP contribution in [0, 0.1) is 5.92 Å². The number of alkyl halides is 1. The standard InChI is InChI=1S/C11H19ClN2O2/c12-8-11(16)14-7-5-10(15)13-6-4-9-2-1-3-9/h9H,1-8H2,(H,13,15)(H,14,16). The van der Waals surface area contributed by atoms with E-state index in [1.165, 1.54) is 19.3 Å². The molecule has 5 heteroatoms. The molecule has 0 atom stereocenters. The molecule has 2 N–H and O–H groups in total. The summed E-state index contributed by atoms with van der Waals surface area (Å²) in [5, 5.41) is 5.40. The lowest BCUT2D eigenvalue weighted by Gasteiger charge is -2.25. The summed E-state index contributed by atoms with van der Waals surface area (Å²) in [7, 11) is 0. The highest BCUT2D eigenvalue weighted by molar-refractivity contribution is 6.27. The zero-order chi connectivity index (χ0) is 11.8. The van der Waals surface area contributed by atoms with Gasteiger partial charge in [-0.2, -0.15) is 0 Å². The molecule has 0 saturated heterocycles. The van der Waals surface area contributed by atoms with Crippen LogP contribution >= 0.6 is 11.6 Å². The van der Waals surface area contributed by atoms with Gasteiger partial charge >= 0.3 is 0 Å². The van der Waals surface area contributed by atoms with Crippen molar-refractivity contribution in [3.8, 4) is 0 Å². The van der Waals surface area contributed by atoms with Gasteiger partial charge in [-0.15, -0.1) is 11.6 Å². The van der Waals surface area contributed by atoms with E-state index in [1.807, 2.05) is 0 Å². The summed E-state index contributed by atoms with van der Waals surface area (Å²) in [6, 6.07) is 0. The lowest BCUT2D eigenvalue weighted by atomic mass is 9.83. The molecule has 16 heavy (non-hydrogen) atoms. The smallest absolute Gasteiger partial charge is 0.234 e. The number of rotatable bonds is 7. The molecule has 0 radical (unpaired) electrons. The molecule has 0 aromatic heterocycles. The summed E-state index contributed by atoms with van der Waals surface area (Å²) >= 11 is 5.30. The molecule has 0 bridgehead atoms. The van der Waals surface area contributed by atoms with E-state index in [0.717, 1.165) is 18.9 Å². The quantitative estimate of drug-likeness (QED) is 0.660. The van der Waals surface area contributed by atoms with Gasteiger partial charge in [0, 0.05) is 19.5 Å². The van der Waals surface area contributed by atoms with Crippen LogP contribution in [0.3, 0.4) is 0 Å². The van der Waals surface area contributed by atoms with Crippen LogP contribution in [0.25, 0.3) is 0 Å². The first-order valence-electron chi connectivity index (χ1n) is 5.81. The second-order valence-electron chi connectivity index (χ2n) is 4.17. The fourth-order valence-electron chi connectivity index (χ4n) is 1.65. The minimum absolute atomic E-state index is 0.00537. The van der Waals surface area contributed by atoms with Gasteiger partial charge in [0.1, 0.15) is 5.88 Å². The molecular formula is C11H19ClN2O2. The Morgan fingerprint density at radius 3 is 2.38 bits per heavy atom. The van der Waals surface area contributed by atoms with Gasteiger partial charge in [-0.25, -0.2) is 0 Å². The normalized spacial score (nSPS) is 15.3. The van der Waals surface area contributed by atoms with E-state index < -0.39 is 0 Å². The number of amides is 2. The molecule has 92 valence electrons.